The van der Waals surface area contributed by atoms with Gasteiger partial charge in [-0.2, -0.15) is 0 Å². The molecular formula is C16H31N. The topological polar surface area (TPSA) is 23.9 Å². The van der Waals surface area contributed by atoms with Crippen molar-refractivity contribution < 1.29 is 0 Å². The number of hydrogen-bond donors (Lipinski definition) is 1. The molecule has 1 heteroatoms. The summed E-state index contributed by atoms with van der Waals surface area (Å²) in [5.74, 6) is 0. The summed E-state index contributed by atoms with van der Waals surface area (Å²) in [6, 6.07) is 0. The van der Waals surface area contributed by atoms with Crippen molar-refractivity contribution in [3.05, 3.63) is 0 Å². The van der Waals surface area contributed by atoms with Gasteiger partial charge < -0.3 is 5.41 Å². The molecule has 1 aliphatic rings. The molecule has 17 heavy (non-hydrogen) atoms. The van der Waals surface area contributed by atoms with Crippen LogP contribution in [0.15, 0.2) is 0 Å². The van der Waals surface area contributed by atoms with Crippen LogP contribution in [-0.4, -0.2) is 5.71 Å². The highest BCUT2D eigenvalue weighted by molar-refractivity contribution is 5.88. The summed E-state index contributed by atoms with van der Waals surface area (Å²) in [4.78, 5) is 0. The van der Waals surface area contributed by atoms with Crippen LogP contribution in [0.5, 0.6) is 0 Å². The molecule has 0 aromatic rings. The standard InChI is InChI=1S/C16H31N/c1-3-5-8-12-16(13-9-6-4-2)14-10-7-11-15(16)17/h17H,3-14H2,1-2H3. The van der Waals surface area contributed by atoms with E-state index < -0.39 is 0 Å². The van der Waals surface area contributed by atoms with Gasteiger partial charge in [-0.05, 0) is 32.1 Å². The summed E-state index contributed by atoms with van der Waals surface area (Å²) in [7, 11) is 0. The minimum atomic E-state index is 0.322. The lowest BCUT2D eigenvalue weighted by atomic mass is 9.66. The zero-order valence-corrected chi connectivity index (χ0v) is 12.0. The molecule has 0 aromatic carbocycles. The van der Waals surface area contributed by atoms with Crippen molar-refractivity contribution in [2.24, 2.45) is 5.41 Å². The first kappa shape index (κ1) is 14.7. The van der Waals surface area contributed by atoms with Gasteiger partial charge in [-0.3, -0.25) is 0 Å². The van der Waals surface area contributed by atoms with E-state index in [2.05, 4.69) is 13.8 Å². The molecule has 0 bridgehead atoms. The normalized spacial score (nSPS) is 19.5. The summed E-state index contributed by atoms with van der Waals surface area (Å²) in [5, 5.41) is 8.36. The molecule has 0 aromatic heterocycles. The van der Waals surface area contributed by atoms with E-state index in [9.17, 15) is 0 Å². The summed E-state index contributed by atoms with van der Waals surface area (Å²) >= 11 is 0. The molecule has 1 saturated carbocycles. The van der Waals surface area contributed by atoms with Crippen LogP contribution in [0.1, 0.15) is 90.9 Å². The Morgan fingerprint density at radius 1 is 0.941 bits per heavy atom. The smallest absolute Gasteiger partial charge is 0.0151 e. The van der Waals surface area contributed by atoms with Gasteiger partial charge in [0.25, 0.3) is 0 Å². The van der Waals surface area contributed by atoms with E-state index in [0.717, 1.165) is 12.1 Å². The van der Waals surface area contributed by atoms with E-state index in [1.54, 1.807) is 0 Å². The molecule has 0 radical (unpaired) electrons. The number of unbranched alkanes of at least 4 members (excludes halogenated alkanes) is 4. The summed E-state index contributed by atoms with van der Waals surface area (Å²) < 4.78 is 0. The zero-order chi connectivity index (χ0) is 12.6. The molecule has 0 spiro atoms. The first-order chi connectivity index (χ1) is 8.25. The molecule has 0 atom stereocenters. The molecule has 1 N–H and O–H groups in total. The zero-order valence-electron chi connectivity index (χ0n) is 12.0. The predicted octanol–water partition coefficient (Wildman–Crippen LogP) is 5.73. The molecule has 100 valence electrons. The first-order valence-corrected chi connectivity index (χ1v) is 7.83. The van der Waals surface area contributed by atoms with E-state index in [0.29, 0.717) is 5.41 Å². The van der Waals surface area contributed by atoms with Crippen molar-refractivity contribution in [1.82, 2.24) is 0 Å². The Balaban J connectivity index is 2.51. The molecular weight excluding hydrogens is 206 g/mol. The second kappa shape index (κ2) is 7.89. The van der Waals surface area contributed by atoms with Crippen LogP contribution >= 0.6 is 0 Å². The van der Waals surface area contributed by atoms with Crippen LogP contribution in [0, 0.1) is 10.8 Å². The lowest BCUT2D eigenvalue weighted by Crippen LogP contribution is -2.33. The van der Waals surface area contributed by atoms with E-state index >= 15 is 0 Å². The maximum atomic E-state index is 8.36. The highest BCUT2D eigenvalue weighted by atomic mass is 14.5. The minimum absolute atomic E-state index is 0.322. The van der Waals surface area contributed by atoms with Crippen LogP contribution < -0.4 is 0 Å². The minimum Gasteiger partial charge on any atom is -0.309 e. The Kier molecular flexibility index (Phi) is 6.84. The van der Waals surface area contributed by atoms with Gasteiger partial charge in [-0.25, -0.2) is 0 Å². The highest BCUT2D eigenvalue weighted by Gasteiger charge is 2.35. The Labute approximate surface area is 108 Å². The summed E-state index contributed by atoms with van der Waals surface area (Å²) in [5.41, 5.74) is 1.42. The third kappa shape index (κ3) is 4.44. The van der Waals surface area contributed by atoms with Gasteiger partial charge in [0.1, 0.15) is 0 Å². The molecule has 1 aliphatic carbocycles. The van der Waals surface area contributed by atoms with Gasteiger partial charge in [-0.1, -0.05) is 58.8 Å². The van der Waals surface area contributed by atoms with E-state index in [-0.39, 0.29) is 0 Å². The van der Waals surface area contributed by atoms with E-state index in [4.69, 9.17) is 5.41 Å². The molecule has 0 saturated heterocycles. The molecule has 0 aliphatic heterocycles. The fourth-order valence-electron chi connectivity index (χ4n) is 3.28. The SMILES string of the molecule is CCCCCC1(CCCCC)CCCCC1=N. The molecule has 0 heterocycles. The molecule has 0 amide bonds. The van der Waals surface area contributed by atoms with Gasteiger partial charge in [0, 0.05) is 11.1 Å². The Morgan fingerprint density at radius 3 is 2.00 bits per heavy atom. The fraction of sp³-hybridized carbons (Fsp3) is 0.938. The average Bonchev–Trinajstić information content (AvgIpc) is 2.33. The Bertz CT molecular complexity index is 210. The van der Waals surface area contributed by atoms with Gasteiger partial charge in [0.2, 0.25) is 0 Å². The van der Waals surface area contributed by atoms with Crippen LogP contribution in [0.4, 0.5) is 0 Å². The lowest BCUT2D eigenvalue weighted by molar-refractivity contribution is 0.272. The Morgan fingerprint density at radius 2 is 1.53 bits per heavy atom. The van der Waals surface area contributed by atoms with Crippen molar-refractivity contribution in [2.45, 2.75) is 90.9 Å². The van der Waals surface area contributed by atoms with Crippen LogP contribution in [0.25, 0.3) is 0 Å². The first-order valence-electron chi connectivity index (χ1n) is 7.83. The van der Waals surface area contributed by atoms with Crippen LogP contribution in [0.2, 0.25) is 0 Å². The number of hydrogen-bond acceptors (Lipinski definition) is 1. The largest absolute Gasteiger partial charge is 0.309 e. The van der Waals surface area contributed by atoms with Gasteiger partial charge in [-0.15, -0.1) is 0 Å². The third-order valence-corrected chi connectivity index (χ3v) is 4.49. The maximum Gasteiger partial charge on any atom is 0.0151 e. The van der Waals surface area contributed by atoms with Crippen molar-refractivity contribution in [2.75, 3.05) is 0 Å². The predicted molar refractivity (Wildman–Crippen MR) is 76.9 cm³/mol. The van der Waals surface area contributed by atoms with E-state index in [1.807, 2.05) is 0 Å². The second-order valence-electron chi connectivity index (χ2n) is 5.88. The monoisotopic (exact) mass is 237 g/mol. The molecule has 0 unspecified atom stereocenters. The number of rotatable bonds is 8. The van der Waals surface area contributed by atoms with Crippen molar-refractivity contribution in [3.8, 4) is 0 Å². The van der Waals surface area contributed by atoms with E-state index in [1.165, 1.54) is 70.6 Å². The van der Waals surface area contributed by atoms with Crippen LogP contribution in [0.3, 0.4) is 0 Å². The quantitative estimate of drug-likeness (QED) is 0.521. The second-order valence-corrected chi connectivity index (χ2v) is 5.88. The van der Waals surface area contributed by atoms with Crippen molar-refractivity contribution >= 4 is 5.71 Å². The third-order valence-electron chi connectivity index (χ3n) is 4.49. The van der Waals surface area contributed by atoms with Gasteiger partial charge in [0.15, 0.2) is 0 Å². The van der Waals surface area contributed by atoms with Gasteiger partial charge >= 0.3 is 0 Å². The lowest BCUT2D eigenvalue weighted by Gasteiger charge is -2.38. The highest BCUT2D eigenvalue weighted by Crippen LogP contribution is 2.42. The number of nitrogens with one attached hydrogen (secondary N) is 1. The summed E-state index contributed by atoms with van der Waals surface area (Å²) in [6.07, 6.45) is 15.6. The van der Waals surface area contributed by atoms with Crippen LogP contribution in [-0.2, 0) is 0 Å². The molecule has 1 nitrogen and oxygen atoms in total. The molecule has 1 rings (SSSR count). The van der Waals surface area contributed by atoms with Crippen molar-refractivity contribution in [1.29, 1.82) is 5.41 Å². The summed E-state index contributed by atoms with van der Waals surface area (Å²) in [6.45, 7) is 4.55. The Hall–Kier alpha value is -0.330. The van der Waals surface area contributed by atoms with Crippen molar-refractivity contribution in [3.63, 3.8) is 0 Å². The van der Waals surface area contributed by atoms with Gasteiger partial charge in [0.05, 0.1) is 0 Å². The average molecular weight is 237 g/mol. The molecule has 1 fully saturated rings. The fourth-order valence-corrected chi connectivity index (χ4v) is 3.28. The maximum absolute atomic E-state index is 8.36.